The van der Waals surface area contributed by atoms with Gasteiger partial charge in [-0.25, -0.2) is 18.4 Å². The molecule has 1 aromatic heterocycles. The number of aryl methyl sites for hydroxylation is 1. The minimum atomic E-state index is -0.913. The number of halogens is 2. The minimum absolute atomic E-state index is 0.0590. The average molecular weight is 337 g/mol. The molecule has 1 aromatic carbocycles. The summed E-state index contributed by atoms with van der Waals surface area (Å²) in [6.07, 6.45) is 4.06. The highest BCUT2D eigenvalue weighted by Crippen LogP contribution is 2.33. The van der Waals surface area contributed by atoms with Gasteiger partial charge in [0.25, 0.3) is 0 Å². The van der Waals surface area contributed by atoms with Crippen LogP contribution >= 0.6 is 0 Å². The van der Waals surface area contributed by atoms with Crippen LogP contribution in [0, 0.1) is 17.6 Å². The lowest BCUT2D eigenvalue weighted by Gasteiger charge is -2.35. The first-order valence-electron chi connectivity index (χ1n) is 8.16. The first-order valence-corrected chi connectivity index (χ1v) is 8.16. The second kappa shape index (κ2) is 7.36. The Bertz CT molecular complexity index is 703. The van der Waals surface area contributed by atoms with Crippen LogP contribution in [-0.4, -0.2) is 39.7 Å². The van der Waals surface area contributed by atoms with E-state index in [0.717, 1.165) is 25.0 Å². The summed E-state index contributed by atoms with van der Waals surface area (Å²) in [4.78, 5) is 4.54. The Morgan fingerprint density at radius 1 is 1.29 bits per heavy atom. The van der Waals surface area contributed by atoms with Crippen molar-refractivity contribution in [3.63, 3.8) is 0 Å². The fourth-order valence-electron chi connectivity index (χ4n) is 3.01. The fourth-order valence-corrected chi connectivity index (χ4v) is 3.01. The zero-order valence-electron chi connectivity index (χ0n) is 13.6. The number of aromatic nitrogens is 3. The van der Waals surface area contributed by atoms with E-state index in [2.05, 4.69) is 10.1 Å². The summed E-state index contributed by atoms with van der Waals surface area (Å²) in [6.45, 7) is 0.0590. The van der Waals surface area contributed by atoms with Gasteiger partial charge in [-0.3, -0.25) is 0 Å². The molecule has 1 N–H and O–H groups in total. The lowest BCUT2D eigenvalue weighted by Crippen LogP contribution is -2.35. The molecule has 0 aliphatic heterocycles. The van der Waals surface area contributed by atoms with Gasteiger partial charge in [-0.2, -0.15) is 5.10 Å². The first-order chi connectivity index (χ1) is 11.6. The third-order valence-corrected chi connectivity index (χ3v) is 4.52. The van der Waals surface area contributed by atoms with Crippen molar-refractivity contribution in [2.75, 3.05) is 13.7 Å². The summed E-state index contributed by atoms with van der Waals surface area (Å²) in [5.41, 5.74) is 0.444. The zero-order valence-corrected chi connectivity index (χ0v) is 13.6. The highest BCUT2D eigenvalue weighted by atomic mass is 19.2. The smallest absolute Gasteiger partial charge is 0.160 e. The molecule has 1 saturated carbocycles. The SMILES string of the molecule is COC1CCC1Cc1nc(CCCO)nn1-c1ccc(F)c(F)c1. The second-order valence-electron chi connectivity index (χ2n) is 6.10. The number of hydrogen-bond acceptors (Lipinski definition) is 4. The molecular weight excluding hydrogens is 316 g/mol. The molecule has 24 heavy (non-hydrogen) atoms. The molecule has 1 aliphatic carbocycles. The normalized spacial score (nSPS) is 20.2. The highest BCUT2D eigenvalue weighted by Gasteiger charge is 2.32. The van der Waals surface area contributed by atoms with E-state index < -0.39 is 11.6 Å². The lowest BCUT2D eigenvalue weighted by molar-refractivity contribution is -0.0167. The maximum absolute atomic E-state index is 13.6. The van der Waals surface area contributed by atoms with E-state index in [1.165, 1.54) is 6.07 Å². The van der Waals surface area contributed by atoms with Gasteiger partial charge in [0.05, 0.1) is 11.8 Å². The van der Waals surface area contributed by atoms with Gasteiger partial charge in [0.2, 0.25) is 0 Å². The van der Waals surface area contributed by atoms with Crippen LogP contribution < -0.4 is 0 Å². The quantitative estimate of drug-likeness (QED) is 0.843. The summed E-state index contributed by atoms with van der Waals surface area (Å²) >= 11 is 0. The van der Waals surface area contributed by atoms with Crippen molar-refractivity contribution in [3.8, 4) is 5.69 Å². The highest BCUT2D eigenvalue weighted by molar-refractivity contribution is 5.33. The molecule has 1 aliphatic rings. The minimum Gasteiger partial charge on any atom is -0.396 e. The number of methoxy groups -OCH3 is 1. The molecule has 1 heterocycles. The van der Waals surface area contributed by atoms with Crippen LogP contribution in [-0.2, 0) is 17.6 Å². The molecule has 3 rings (SSSR count). The van der Waals surface area contributed by atoms with Crippen LogP contribution in [0.25, 0.3) is 5.69 Å². The van der Waals surface area contributed by atoms with Crippen LogP contribution in [0.5, 0.6) is 0 Å². The average Bonchev–Trinajstić information content (AvgIpc) is 2.95. The topological polar surface area (TPSA) is 60.2 Å². The molecule has 0 radical (unpaired) electrons. The Balaban J connectivity index is 1.89. The molecule has 2 unspecified atom stereocenters. The fraction of sp³-hybridized carbons (Fsp3) is 0.529. The zero-order chi connectivity index (χ0) is 17.1. The van der Waals surface area contributed by atoms with Gasteiger partial charge in [0, 0.05) is 32.6 Å². The molecule has 0 amide bonds. The Morgan fingerprint density at radius 2 is 2.12 bits per heavy atom. The Labute approximate surface area is 139 Å². The summed E-state index contributed by atoms with van der Waals surface area (Å²) in [6, 6.07) is 3.70. The molecular formula is C17H21F2N3O2. The number of aliphatic hydroxyl groups is 1. The predicted molar refractivity (Wildman–Crippen MR) is 83.9 cm³/mol. The summed E-state index contributed by atoms with van der Waals surface area (Å²) in [5, 5.41) is 13.4. The molecule has 0 spiro atoms. The molecule has 0 bridgehead atoms. The van der Waals surface area contributed by atoms with Crippen molar-refractivity contribution in [2.24, 2.45) is 5.92 Å². The van der Waals surface area contributed by atoms with Crippen LogP contribution in [0.1, 0.15) is 30.9 Å². The first kappa shape index (κ1) is 17.0. The largest absolute Gasteiger partial charge is 0.396 e. The van der Waals surface area contributed by atoms with Crippen molar-refractivity contribution in [2.45, 2.75) is 38.2 Å². The summed E-state index contributed by atoms with van der Waals surface area (Å²) in [5.74, 6) is -0.143. The van der Waals surface area contributed by atoms with Crippen LogP contribution in [0.2, 0.25) is 0 Å². The van der Waals surface area contributed by atoms with E-state index in [-0.39, 0.29) is 12.7 Å². The number of nitrogens with zero attached hydrogens (tertiary/aromatic N) is 3. The predicted octanol–water partition coefficient (Wildman–Crippen LogP) is 2.44. The number of aliphatic hydroxyl groups excluding tert-OH is 1. The number of rotatable bonds is 7. The van der Waals surface area contributed by atoms with E-state index in [9.17, 15) is 8.78 Å². The van der Waals surface area contributed by atoms with Gasteiger partial charge in [-0.1, -0.05) is 0 Å². The molecule has 130 valence electrons. The van der Waals surface area contributed by atoms with E-state index in [1.54, 1.807) is 11.8 Å². The molecule has 2 aromatic rings. The van der Waals surface area contributed by atoms with Crippen LogP contribution in [0.3, 0.4) is 0 Å². The second-order valence-corrected chi connectivity index (χ2v) is 6.10. The Kier molecular flexibility index (Phi) is 5.20. The van der Waals surface area contributed by atoms with E-state index in [1.807, 2.05) is 0 Å². The lowest BCUT2D eigenvalue weighted by atomic mass is 9.79. The summed E-state index contributed by atoms with van der Waals surface area (Å²) < 4.78 is 33.8. The van der Waals surface area contributed by atoms with Gasteiger partial charge in [-0.05, 0) is 37.3 Å². The maximum atomic E-state index is 13.6. The van der Waals surface area contributed by atoms with Gasteiger partial charge >= 0.3 is 0 Å². The molecule has 0 saturated heterocycles. The van der Waals surface area contributed by atoms with E-state index in [0.29, 0.717) is 42.5 Å². The Morgan fingerprint density at radius 3 is 2.75 bits per heavy atom. The van der Waals surface area contributed by atoms with Crippen molar-refractivity contribution in [1.82, 2.24) is 14.8 Å². The van der Waals surface area contributed by atoms with Crippen molar-refractivity contribution < 1.29 is 18.6 Å². The van der Waals surface area contributed by atoms with Gasteiger partial charge in [0.15, 0.2) is 17.5 Å². The third-order valence-electron chi connectivity index (χ3n) is 4.52. The van der Waals surface area contributed by atoms with Crippen LogP contribution in [0.15, 0.2) is 18.2 Å². The standard InChI is InChI=1S/C17H21F2N3O2/c1-24-15-7-4-11(15)9-17-20-16(3-2-8-23)21-22(17)12-5-6-13(18)14(19)10-12/h5-6,10-11,15,23H,2-4,7-9H2,1H3. The Hall–Kier alpha value is -1.86. The summed E-state index contributed by atoms with van der Waals surface area (Å²) in [7, 11) is 1.70. The number of benzene rings is 1. The van der Waals surface area contributed by atoms with E-state index in [4.69, 9.17) is 9.84 Å². The molecule has 5 nitrogen and oxygen atoms in total. The van der Waals surface area contributed by atoms with Gasteiger partial charge < -0.3 is 9.84 Å². The van der Waals surface area contributed by atoms with Crippen molar-refractivity contribution >= 4 is 0 Å². The molecule has 2 atom stereocenters. The third kappa shape index (κ3) is 3.47. The molecule has 7 heteroatoms. The number of hydrogen-bond donors (Lipinski definition) is 1. The van der Waals surface area contributed by atoms with Crippen molar-refractivity contribution in [3.05, 3.63) is 41.5 Å². The maximum Gasteiger partial charge on any atom is 0.160 e. The number of ether oxygens (including phenoxy) is 1. The van der Waals surface area contributed by atoms with Crippen LogP contribution in [0.4, 0.5) is 8.78 Å². The van der Waals surface area contributed by atoms with Crippen molar-refractivity contribution in [1.29, 1.82) is 0 Å². The van der Waals surface area contributed by atoms with Gasteiger partial charge in [0.1, 0.15) is 5.82 Å². The van der Waals surface area contributed by atoms with E-state index >= 15 is 0 Å². The molecule has 1 fully saturated rings. The van der Waals surface area contributed by atoms with Gasteiger partial charge in [-0.15, -0.1) is 0 Å². The monoisotopic (exact) mass is 337 g/mol.